The molecule has 24 heteroatoms. The zero-order chi connectivity index (χ0) is 102. The first-order chi connectivity index (χ1) is 59.9. The van der Waals surface area contributed by atoms with Gasteiger partial charge in [-0.05, 0) is 218 Å². The van der Waals surface area contributed by atoms with Gasteiger partial charge < -0.3 is 79.9 Å². The minimum Gasteiger partial charge on any atom is -0.496 e. The van der Waals surface area contributed by atoms with Crippen LogP contribution in [0.4, 0.5) is 0 Å². The number of nitrogens with one attached hydrogen (secondary N) is 2. The summed E-state index contributed by atoms with van der Waals surface area (Å²) < 4.78 is 44.4. The Bertz CT molecular complexity index is 5120. The molecule has 0 radical (unpaired) electrons. The minimum atomic E-state index is -0.610. The lowest BCUT2D eigenvalue weighted by Crippen LogP contribution is -2.26. The summed E-state index contributed by atoms with van der Waals surface area (Å²) in [6.07, 6.45) is 0.885. The molecule has 0 saturated heterocycles. The molecular weight excluding hydrogens is 1670 g/mol. The Morgan fingerprint density at radius 1 is 0.364 bits per heavy atom. The number of aliphatic hydroxyl groups excluding tert-OH is 4. The highest BCUT2D eigenvalue weighted by Gasteiger charge is 2.36. The number of aryl methyl sites for hydroxylation is 1. The van der Waals surface area contributed by atoms with Gasteiger partial charge >= 0.3 is 0 Å². The van der Waals surface area contributed by atoms with Crippen LogP contribution in [0.3, 0.4) is 0 Å². The highest BCUT2D eigenvalue weighted by molar-refractivity contribution is 5.99. The second kappa shape index (κ2) is 45.9. The van der Waals surface area contributed by atoms with Crippen LogP contribution in [0, 0.1) is 0 Å². The number of aliphatic hydroxyl groups is 4. The minimum absolute atomic E-state index is 0.0112. The molecule has 8 aromatic rings. The number of hydrogen-bond acceptors (Lipinski definition) is 20. The number of primary amides is 2. The molecule has 0 aliphatic rings. The van der Waals surface area contributed by atoms with Crippen LogP contribution in [0.2, 0.25) is 0 Å². The molecule has 2 atom stereocenters. The number of carbonyl (C=O) groups is 4. The van der Waals surface area contributed by atoms with E-state index in [0.717, 1.165) is 73.6 Å². The number of ether oxygens (including phenoxy) is 6. The van der Waals surface area contributed by atoms with Gasteiger partial charge in [0, 0.05) is 20.5 Å². The Kier molecular flexibility index (Phi) is 40.4. The summed E-state index contributed by atoms with van der Waals surface area (Å²) in [5.74, 6) is 3.75. The Labute approximate surface area is 791 Å². The van der Waals surface area contributed by atoms with Crippen LogP contribution in [0.1, 0.15) is 384 Å². The smallest absolute Gasteiger partial charge is 0.261 e. The zero-order valence-electron chi connectivity index (χ0n) is 88.7. The fourth-order valence-electron chi connectivity index (χ4n) is 14.6. The molecule has 2 aromatic heterocycles. The number of methoxy groups -OCH3 is 2. The molecule has 132 heavy (non-hydrogen) atoms. The fourth-order valence-corrected chi connectivity index (χ4v) is 14.6. The molecule has 8 rings (SSSR count). The fraction of sp³-hybridized carbons (Fsp3) is 0.593. The number of benzene rings is 6. The lowest BCUT2D eigenvalue weighted by atomic mass is 9.74. The number of nitrogens with zero attached hydrogens (tertiary/aromatic N) is 4. The van der Waals surface area contributed by atoms with Crippen molar-refractivity contribution in [1.82, 2.24) is 31.0 Å². The summed E-state index contributed by atoms with van der Waals surface area (Å²) in [5.41, 5.74) is 27.8. The predicted octanol–water partition coefficient (Wildman–Crippen LogP) is 21.5. The molecule has 24 nitrogen and oxygen atoms in total. The summed E-state index contributed by atoms with van der Waals surface area (Å²) in [6.45, 7) is 83.4. The lowest BCUT2D eigenvalue weighted by molar-refractivity contribution is 0.0942. The summed E-state index contributed by atoms with van der Waals surface area (Å²) in [7, 11) is 6.55. The molecule has 0 saturated carbocycles. The molecule has 736 valence electrons. The van der Waals surface area contributed by atoms with E-state index in [4.69, 9.17) is 59.0 Å². The molecule has 10 N–H and O–H groups in total. The molecule has 2 heterocycles. The Balaban J connectivity index is 0.000000408. The number of carbonyl (C=O) groups excluding carboxylic acids is 4. The van der Waals surface area contributed by atoms with E-state index in [1.54, 1.807) is 42.2 Å². The van der Waals surface area contributed by atoms with Crippen LogP contribution in [0.15, 0.2) is 88.1 Å². The quantitative estimate of drug-likeness (QED) is 0.0331. The third kappa shape index (κ3) is 33.3. The van der Waals surface area contributed by atoms with E-state index in [0.29, 0.717) is 62.9 Å². The molecule has 4 amide bonds. The van der Waals surface area contributed by atoms with Crippen molar-refractivity contribution in [1.29, 1.82) is 0 Å². The van der Waals surface area contributed by atoms with Crippen LogP contribution in [-0.4, -0.2) is 145 Å². The van der Waals surface area contributed by atoms with Crippen molar-refractivity contribution >= 4 is 23.6 Å². The largest absolute Gasteiger partial charge is 0.496 e. The Morgan fingerprint density at radius 2 is 0.598 bits per heavy atom. The molecule has 0 fully saturated rings. The summed E-state index contributed by atoms with van der Waals surface area (Å²) in [5, 5.41) is 53.9. The van der Waals surface area contributed by atoms with Crippen molar-refractivity contribution in [2.45, 2.75) is 354 Å². The highest BCUT2D eigenvalue weighted by Crippen LogP contribution is 2.47. The van der Waals surface area contributed by atoms with E-state index in [-0.39, 0.29) is 116 Å². The van der Waals surface area contributed by atoms with Gasteiger partial charge in [-0.3, -0.25) is 19.2 Å². The number of hydrogen-bond donors (Lipinski definition) is 8. The van der Waals surface area contributed by atoms with Gasteiger partial charge in [-0.15, -0.1) is 10.2 Å². The SMILES string of the molecule is CC(C)(C)c1cc(OCCO)c(C(N)=O)cc1C(C)(C)C.CC(O)COc1cc(C(C)(C)C)c(C(C)(C)C)cc1C(N)=O.CCc1noc(-c2cc(C(C)(C)C)c(C(C)(C)C)cc2OC)n1.CNC(=O)c1cc(C(C)(C)C)c(C(C)(C)C)cc1OCC(C)O.CNC(=O)c1cc(C(C)(C)C)c(C(C)(C)C)cc1OCCO.COc1cc(C(C)(C)C)c(C(C)(C)C)cc1-c1nnco1. The van der Waals surface area contributed by atoms with E-state index in [1.165, 1.54) is 28.6 Å². The maximum atomic E-state index is 12.3. The number of nitrogens with two attached hydrogens (primary N) is 2. The average molecular weight is 1830 g/mol. The first-order valence-corrected chi connectivity index (χ1v) is 45.9. The first kappa shape index (κ1) is 116. The van der Waals surface area contributed by atoms with E-state index in [2.05, 4.69) is 304 Å². The van der Waals surface area contributed by atoms with E-state index < -0.39 is 24.0 Å². The van der Waals surface area contributed by atoms with Gasteiger partial charge in [-0.1, -0.05) is 261 Å². The van der Waals surface area contributed by atoms with Crippen molar-refractivity contribution in [3.63, 3.8) is 0 Å². The summed E-state index contributed by atoms with van der Waals surface area (Å²) >= 11 is 0. The average Bonchev–Trinajstić information content (AvgIpc) is 1.64. The second-order valence-electron chi connectivity index (χ2n) is 46.2. The highest BCUT2D eigenvalue weighted by atomic mass is 16.5. The molecular formula is C108H168N8O16. The van der Waals surface area contributed by atoms with Crippen molar-refractivity contribution in [3.05, 3.63) is 174 Å². The van der Waals surface area contributed by atoms with Crippen LogP contribution >= 0.6 is 0 Å². The van der Waals surface area contributed by atoms with Gasteiger partial charge in [0.05, 0.1) is 73.0 Å². The molecule has 0 bridgehead atoms. The molecule has 6 aromatic carbocycles. The van der Waals surface area contributed by atoms with Gasteiger partial charge in [0.1, 0.15) is 60.9 Å². The summed E-state index contributed by atoms with van der Waals surface area (Å²) in [4.78, 5) is 52.4. The number of amides is 4. The van der Waals surface area contributed by atoms with Gasteiger partial charge in [-0.2, -0.15) is 4.98 Å². The normalized spacial score (nSPS) is 12.8. The molecule has 0 aliphatic carbocycles. The first-order valence-electron chi connectivity index (χ1n) is 45.9. The number of aromatic nitrogens is 4. The van der Waals surface area contributed by atoms with Gasteiger partial charge in [0.25, 0.3) is 35.4 Å². The lowest BCUT2D eigenvalue weighted by Gasteiger charge is -2.31. The van der Waals surface area contributed by atoms with Crippen LogP contribution < -0.4 is 50.5 Å². The Morgan fingerprint density at radius 3 is 0.818 bits per heavy atom. The molecule has 0 aliphatic heterocycles. The van der Waals surface area contributed by atoms with Crippen LogP contribution in [0.5, 0.6) is 34.5 Å². The third-order valence-electron chi connectivity index (χ3n) is 21.6. The van der Waals surface area contributed by atoms with Gasteiger partial charge in [0.2, 0.25) is 6.39 Å². The van der Waals surface area contributed by atoms with Gasteiger partial charge in [0.15, 0.2) is 5.82 Å². The third-order valence-corrected chi connectivity index (χ3v) is 21.6. The van der Waals surface area contributed by atoms with E-state index in [1.807, 2.05) is 55.5 Å². The van der Waals surface area contributed by atoms with Crippen molar-refractivity contribution in [2.24, 2.45) is 11.5 Å². The molecule has 0 spiro atoms. The van der Waals surface area contributed by atoms with E-state index in [9.17, 15) is 29.4 Å². The zero-order valence-corrected chi connectivity index (χ0v) is 88.7. The number of rotatable bonds is 21. The van der Waals surface area contributed by atoms with Crippen molar-refractivity contribution < 1.29 is 77.0 Å². The van der Waals surface area contributed by atoms with Gasteiger partial charge in [-0.25, -0.2) is 0 Å². The standard InChI is InChI=1S/C19H28N2O2.C19H31NO3.2C18H29NO3.C17H24N2O2.C17H27NO3/c1-9-16-20-17(23-21-16)12-10-13(18(2,3)4)14(19(5,6)7)11-15(12)22-8;1-12(21)11-23-16-10-15(19(5,6)7)14(18(2,3)4)9-13(16)17(22)20-8;1-11(20)10-22-15-9-14(18(5,6)7)13(17(2,3)4)8-12(15)16(19)21;1-17(2,3)13-10-12(16(21)19-7)15(22-9-8-20)11-14(13)18(4,5)6;1-16(2,3)12-8-11(15-19-18-10-21-15)14(20-7)9-13(12)17(4,5)6;1-16(2,3)12-9-11(15(18)20)14(21-8-7-19)10-13(12)17(4,5)6/h10-11H,9H2,1-8H3;9-10,12,21H,11H2,1-8H3,(H,20,22);8-9,11,20H,10H2,1-7H3,(H2,19,21);10-11,20H,8-9H2,1-7H3,(H,19,21);8-10H,1-7H3;9-10,19H,7-8H2,1-6H3,(H2,18,20). The van der Waals surface area contributed by atoms with Crippen molar-refractivity contribution in [2.75, 3.05) is 68.0 Å². The Hall–Kier alpha value is -9.88. The van der Waals surface area contributed by atoms with Crippen LogP contribution in [-0.2, 0) is 71.4 Å². The van der Waals surface area contributed by atoms with E-state index >= 15 is 0 Å². The molecule has 2 unspecified atom stereocenters. The monoisotopic (exact) mass is 1830 g/mol. The maximum absolute atomic E-state index is 12.3. The predicted molar refractivity (Wildman–Crippen MR) is 535 cm³/mol. The summed E-state index contributed by atoms with van der Waals surface area (Å²) in [6, 6.07) is 23.7. The topological polar surface area (TPSA) is 359 Å². The second-order valence-corrected chi connectivity index (χ2v) is 46.2. The van der Waals surface area contributed by atoms with Crippen LogP contribution in [0.25, 0.3) is 22.9 Å². The maximum Gasteiger partial charge on any atom is 0.261 e. The van der Waals surface area contributed by atoms with Crippen molar-refractivity contribution in [3.8, 4) is 57.4 Å².